The van der Waals surface area contributed by atoms with Gasteiger partial charge in [-0.1, -0.05) is 6.07 Å². The molecule has 0 aromatic carbocycles. The van der Waals surface area contributed by atoms with Crippen LogP contribution in [0.15, 0.2) is 24.4 Å². The molecular weight excluding hydrogens is 332 g/mol. The van der Waals surface area contributed by atoms with Crippen LogP contribution >= 0.6 is 0 Å². The quantitative estimate of drug-likeness (QED) is 0.610. The van der Waals surface area contributed by atoms with E-state index in [-0.39, 0.29) is 18.9 Å². The van der Waals surface area contributed by atoms with E-state index in [1.807, 2.05) is 0 Å². The van der Waals surface area contributed by atoms with Gasteiger partial charge in [-0.2, -0.15) is 0 Å². The number of nitrogens with one attached hydrogen (secondary N) is 1. The molecule has 2 atom stereocenters. The van der Waals surface area contributed by atoms with Gasteiger partial charge in [0, 0.05) is 6.20 Å². The standard InChI is InChI=1S/C16H20N2O7/c1-3-24-12(19)9-10(16(23)25-4-2)13(15(21)22)18-14(20)11-7-5-6-8-17-11/h5-8,10,13H,3-4,9H2,1-2H3,(H,18,20)(H,21,22)/t10-,13-/m1/s1. The fourth-order valence-corrected chi connectivity index (χ4v) is 2.03. The molecule has 1 aromatic rings. The maximum atomic E-state index is 12.2. The molecule has 1 rings (SSSR count). The molecular formula is C16H20N2O7. The zero-order valence-corrected chi connectivity index (χ0v) is 13.9. The molecule has 0 bridgehead atoms. The SMILES string of the molecule is CCOC(=O)C[C@@H](C(=O)OCC)[C@@H](NC(=O)c1ccccn1)C(=O)O. The smallest absolute Gasteiger partial charge is 0.327 e. The number of carbonyl (C=O) groups excluding carboxylic acids is 3. The number of carbonyl (C=O) groups is 4. The van der Waals surface area contributed by atoms with E-state index in [0.717, 1.165) is 0 Å². The molecule has 25 heavy (non-hydrogen) atoms. The molecule has 0 saturated carbocycles. The molecule has 0 saturated heterocycles. The molecule has 2 N–H and O–H groups in total. The minimum atomic E-state index is -1.67. The number of esters is 2. The van der Waals surface area contributed by atoms with Crippen molar-refractivity contribution in [2.75, 3.05) is 13.2 Å². The lowest BCUT2D eigenvalue weighted by Gasteiger charge is -2.22. The van der Waals surface area contributed by atoms with Crippen molar-refractivity contribution in [3.8, 4) is 0 Å². The molecule has 1 amide bonds. The van der Waals surface area contributed by atoms with Crippen molar-refractivity contribution in [1.29, 1.82) is 0 Å². The average Bonchev–Trinajstić information content (AvgIpc) is 2.58. The Morgan fingerprint density at radius 2 is 1.84 bits per heavy atom. The number of amides is 1. The van der Waals surface area contributed by atoms with Crippen molar-refractivity contribution >= 4 is 23.8 Å². The summed E-state index contributed by atoms with van der Waals surface area (Å²) in [6.07, 6.45) is 0.832. The summed E-state index contributed by atoms with van der Waals surface area (Å²) in [7, 11) is 0. The van der Waals surface area contributed by atoms with Crippen molar-refractivity contribution in [2.24, 2.45) is 5.92 Å². The normalized spacial score (nSPS) is 12.6. The van der Waals surface area contributed by atoms with Crippen LogP contribution in [0.2, 0.25) is 0 Å². The minimum Gasteiger partial charge on any atom is -0.480 e. The first kappa shape index (κ1) is 20.1. The number of carboxylic acids is 1. The molecule has 1 heterocycles. The monoisotopic (exact) mass is 352 g/mol. The van der Waals surface area contributed by atoms with Gasteiger partial charge in [-0.15, -0.1) is 0 Å². The van der Waals surface area contributed by atoms with Crippen LogP contribution in [-0.2, 0) is 23.9 Å². The Morgan fingerprint density at radius 1 is 1.16 bits per heavy atom. The lowest BCUT2D eigenvalue weighted by molar-refractivity contribution is -0.159. The average molecular weight is 352 g/mol. The third-order valence-electron chi connectivity index (χ3n) is 3.13. The molecule has 0 aliphatic rings. The zero-order valence-electron chi connectivity index (χ0n) is 13.9. The van der Waals surface area contributed by atoms with Gasteiger partial charge in [0.05, 0.1) is 25.6 Å². The fourth-order valence-electron chi connectivity index (χ4n) is 2.03. The molecule has 0 unspecified atom stereocenters. The zero-order chi connectivity index (χ0) is 18.8. The number of aromatic nitrogens is 1. The number of hydrogen-bond acceptors (Lipinski definition) is 7. The molecule has 0 aliphatic heterocycles. The number of hydrogen-bond donors (Lipinski definition) is 2. The third kappa shape index (κ3) is 6.21. The predicted octanol–water partition coefficient (Wildman–Crippen LogP) is 0.397. The van der Waals surface area contributed by atoms with Gasteiger partial charge in [-0.3, -0.25) is 19.4 Å². The Morgan fingerprint density at radius 3 is 2.36 bits per heavy atom. The minimum absolute atomic E-state index is 0.00130. The van der Waals surface area contributed by atoms with Crippen LogP contribution in [0, 0.1) is 5.92 Å². The van der Waals surface area contributed by atoms with Crippen LogP contribution in [-0.4, -0.2) is 53.2 Å². The van der Waals surface area contributed by atoms with Gasteiger partial charge in [-0.25, -0.2) is 4.79 Å². The second kappa shape index (κ2) is 10.0. The second-order valence-corrected chi connectivity index (χ2v) is 4.87. The van der Waals surface area contributed by atoms with Crippen molar-refractivity contribution in [3.05, 3.63) is 30.1 Å². The topological polar surface area (TPSA) is 132 Å². The highest BCUT2D eigenvalue weighted by Gasteiger charge is 2.38. The van der Waals surface area contributed by atoms with Gasteiger partial charge >= 0.3 is 17.9 Å². The Labute approximate surface area is 144 Å². The molecule has 0 fully saturated rings. The van der Waals surface area contributed by atoms with Crippen LogP contribution in [0.25, 0.3) is 0 Å². The van der Waals surface area contributed by atoms with Crippen molar-refractivity contribution in [3.63, 3.8) is 0 Å². The van der Waals surface area contributed by atoms with Crippen LogP contribution in [0.4, 0.5) is 0 Å². The molecule has 136 valence electrons. The van der Waals surface area contributed by atoms with E-state index in [1.54, 1.807) is 26.0 Å². The molecule has 1 aromatic heterocycles. The van der Waals surface area contributed by atoms with Gasteiger partial charge in [0.2, 0.25) is 0 Å². The van der Waals surface area contributed by atoms with Crippen LogP contribution in [0.3, 0.4) is 0 Å². The van der Waals surface area contributed by atoms with Gasteiger partial charge in [-0.05, 0) is 26.0 Å². The first-order chi connectivity index (χ1) is 11.9. The number of carboxylic acid groups (broad SMARTS) is 1. The molecule has 9 heteroatoms. The molecule has 0 radical (unpaired) electrons. The van der Waals surface area contributed by atoms with E-state index in [0.29, 0.717) is 0 Å². The summed E-state index contributed by atoms with van der Waals surface area (Å²) >= 11 is 0. The summed E-state index contributed by atoms with van der Waals surface area (Å²) < 4.78 is 9.58. The van der Waals surface area contributed by atoms with E-state index in [4.69, 9.17) is 9.47 Å². The van der Waals surface area contributed by atoms with E-state index < -0.39 is 42.2 Å². The Hall–Kier alpha value is -2.97. The van der Waals surface area contributed by atoms with Crippen molar-refractivity contribution in [1.82, 2.24) is 10.3 Å². The first-order valence-electron chi connectivity index (χ1n) is 7.67. The van der Waals surface area contributed by atoms with E-state index in [9.17, 15) is 24.3 Å². The van der Waals surface area contributed by atoms with Gasteiger partial charge in [0.15, 0.2) is 0 Å². The Balaban J connectivity index is 3.01. The summed E-state index contributed by atoms with van der Waals surface area (Å²) in [4.78, 5) is 51.3. The van der Waals surface area contributed by atoms with Crippen LogP contribution < -0.4 is 5.32 Å². The lowest BCUT2D eigenvalue weighted by Crippen LogP contribution is -2.50. The largest absolute Gasteiger partial charge is 0.480 e. The summed E-state index contributed by atoms with van der Waals surface area (Å²) in [6, 6.07) is 2.86. The van der Waals surface area contributed by atoms with Crippen LogP contribution in [0.1, 0.15) is 30.8 Å². The summed E-state index contributed by atoms with van der Waals surface area (Å²) in [5.41, 5.74) is -0.0208. The number of nitrogens with zero attached hydrogens (tertiary/aromatic N) is 1. The summed E-state index contributed by atoms with van der Waals surface area (Å²) in [5, 5.41) is 11.6. The van der Waals surface area contributed by atoms with Gasteiger partial charge in [0.25, 0.3) is 5.91 Å². The highest BCUT2D eigenvalue weighted by Crippen LogP contribution is 2.15. The maximum absolute atomic E-state index is 12.2. The van der Waals surface area contributed by atoms with E-state index in [1.165, 1.54) is 12.3 Å². The van der Waals surface area contributed by atoms with Gasteiger partial charge in [0.1, 0.15) is 11.7 Å². The molecule has 0 aliphatic carbocycles. The fraction of sp³-hybridized carbons (Fsp3) is 0.438. The van der Waals surface area contributed by atoms with Gasteiger partial charge < -0.3 is 19.9 Å². The maximum Gasteiger partial charge on any atom is 0.327 e. The predicted molar refractivity (Wildman–Crippen MR) is 84.5 cm³/mol. The second-order valence-electron chi connectivity index (χ2n) is 4.87. The van der Waals surface area contributed by atoms with E-state index in [2.05, 4.69) is 10.3 Å². The highest BCUT2D eigenvalue weighted by molar-refractivity contribution is 5.96. The third-order valence-corrected chi connectivity index (χ3v) is 3.13. The lowest BCUT2D eigenvalue weighted by atomic mass is 9.95. The highest BCUT2D eigenvalue weighted by atomic mass is 16.5. The first-order valence-corrected chi connectivity index (χ1v) is 7.67. The van der Waals surface area contributed by atoms with Crippen molar-refractivity contribution in [2.45, 2.75) is 26.3 Å². The summed E-state index contributed by atoms with van der Waals surface area (Å²) in [6.45, 7) is 3.20. The number of ether oxygens (including phenoxy) is 2. The number of pyridine rings is 1. The molecule has 0 spiro atoms. The molecule has 9 nitrogen and oxygen atoms in total. The van der Waals surface area contributed by atoms with Crippen LogP contribution in [0.5, 0.6) is 0 Å². The van der Waals surface area contributed by atoms with Crippen molar-refractivity contribution < 1.29 is 33.8 Å². The Bertz CT molecular complexity index is 618. The number of aliphatic carboxylic acids is 1. The Kier molecular flexibility index (Phi) is 8.04. The number of rotatable bonds is 9. The summed E-state index contributed by atoms with van der Waals surface area (Å²) in [5.74, 6) is -5.37. The van der Waals surface area contributed by atoms with E-state index >= 15 is 0 Å².